The Morgan fingerprint density at radius 2 is 1.82 bits per heavy atom. The first-order valence-electron chi connectivity index (χ1n) is 7.20. The molecule has 1 saturated carbocycles. The van der Waals surface area contributed by atoms with Gasteiger partial charge < -0.3 is 11.1 Å². The minimum Gasteiger partial charge on any atom is -0.383 e. The second-order valence-electron chi connectivity index (χ2n) is 5.49. The van der Waals surface area contributed by atoms with Gasteiger partial charge in [0.2, 0.25) is 5.95 Å². The molecule has 8 heteroatoms. The summed E-state index contributed by atoms with van der Waals surface area (Å²) in [6, 6.07) is 0.208. The molecule has 0 saturated heterocycles. The summed E-state index contributed by atoms with van der Waals surface area (Å²) in [4.78, 5) is 11.7. The number of aromatic nitrogens is 3. The van der Waals surface area contributed by atoms with E-state index >= 15 is 0 Å². The number of halogens is 3. The van der Waals surface area contributed by atoms with E-state index in [1.807, 2.05) is 0 Å². The molecule has 2 heterocycles. The van der Waals surface area contributed by atoms with Gasteiger partial charge in [0.15, 0.2) is 0 Å². The number of nitrogens with two attached hydrogens (primary N) is 1. The highest BCUT2D eigenvalue weighted by Gasteiger charge is 2.34. The van der Waals surface area contributed by atoms with Gasteiger partial charge in [-0.05, 0) is 12.8 Å². The van der Waals surface area contributed by atoms with Crippen LogP contribution in [0, 0.1) is 0 Å². The summed E-state index contributed by atoms with van der Waals surface area (Å²) in [6.45, 7) is 0. The molecule has 3 rings (SSSR count). The summed E-state index contributed by atoms with van der Waals surface area (Å²) in [5, 5.41) is 3.24. The zero-order chi connectivity index (χ0) is 15.7. The van der Waals surface area contributed by atoms with Gasteiger partial charge in [-0.2, -0.15) is 13.2 Å². The molecule has 2 aromatic heterocycles. The Morgan fingerprint density at radius 3 is 2.50 bits per heavy atom. The Bertz CT molecular complexity index is 680. The number of fused-ring (bicyclic) bond motifs is 1. The monoisotopic (exact) mass is 311 g/mol. The van der Waals surface area contributed by atoms with Gasteiger partial charge in [0.05, 0.1) is 10.9 Å². The number of pyridine rings is 1. The van der Waals surface area contributed by atoms with Gasteiger partial charge in [-0.3, -0.25) is 0 Å². The van der Waals surface area contributed by atoms with Crippen molar-refractivity contribution in [2.75, 3.05) is 11.1 Å². The van der Waals surface area contributed by atoms with E-state index in [9.17, 15) is 13.2 Å². The van der Waals surface area contributed by atoms with E-state index in [4.69, 9.17) is 5.73 Å². The van der Waals surface area contributed by atoms with Gasteiger partial charge in [-0.25, -0.2) is 15.0 Å². The van der Waals surface area contributed by atoms with Gasteiger partial charge in [0, 0.05) is 18.4 Å². The Labute approximate surface area is 125 Å². The number of hydrogen-bond acceptors (Lipinski definition) is 5. The largest absolute Gasteiger partial charge is 0.419 e. The van der Waals surface area contributed by atoms with Crippen molar-refractivity contribution in [1.29, 1.82) is 0 Å². The minimum absolute atomic E-state index is 0.00721. The second kappa shape index (κ2) is 5.58. The van der Waals surface area contributed by atoms with Crippen LogP contribution in [0.1, 0.15) is 37.7 Å². The number of hydrogen-bond donors (Lipinski definition) is 2. The predicted molar refractivity (Wildman–Crippen MR) is 77.2 cm³/mol. The maximum Gasteiger partial charge on any atom is 0.419 e. The summed E-state index contributed by atoms with van der Waals surface area (Å²) < 4.78 is 39.2. The molecule has 3 N–H and O–H groups in total. The molecule has 0 aromatic carbocycles. The van der Waals surface area contributed by atoms with Gasteiger partial charge in [0.25, 0.3) is 0 Å². The molecule has 1 aliphatic carbocycles. The molecule has 0 amide bonds. The van der Waals surface area contributed by atoms with Crippen LogP contribution < -0.4 is 11.1 Å². The van der Waals surface area contributed by atoms with Crippen molar-refractivity contribution in [3.8, 4) is 0 Å². The molecule has 5 nitrogen and oxygen atoms in total. The Balaban J connectivity index is 2.00. The first-order chi connectivity index (χ1) is 10.4. The van der Waals surface area contributed by atoms with Crippen LogP contribution in [0.4, 0.5) is 24.9 Å². The van der Waals surface area contributed by atoms with Crippen LogP contribution in [0.5, 0.6) is 0 Å². The molecular formula is C14H16F3N5. The molecule has 0 unspecified atom stereocenters. The van der Waals surface area contributed by atoms with Gasteiger partial charge in [0.1, 0.15) is 11.4 Å². The number of rotatable bonds is 2. The lowest BCUT2D eigenvalue weighted by Crippen LogP contribution is -2.23. The molecule has 118 valence electrons. The van der Waals surface area contributed by atoms with Crippen molar-refractivity contribution in [1.82, 2.24) is 15.0 Å². The van der Waals surface area contributed by atoms with Crippen LogP contribution in [-0.2, 0) is 6.18 Å². The van der Waals surface area contributed by atoms with Gasteiger partial charge >= 0.3 is 6.18 Å². The number of nitrogens with one attached hydrogen (secondary N) is 1. The third-order valence-electron chi connectivity index (χ3n) is 3.90. The normalized spacial score (nSPS) is 16.9. The molecule has 1 aliphatic rings. The molecule has 22 heavy (non-hydrogen) atoms. The van der Waals surface area contributed by atoms with Crippen molar-refractivity contribution < 1.29 is 13.2 Å². The molecule has 0 radical (unpaired) electrons. The van der Waals surface area contributed by atoms with E-state index in [-0.39, 0.29) is 28.7 Å². The molecule has 0 bridgehead atoms. The van der Waals surface area contributed by atoms with Crippen LogP contribution in [0.15, 0.2) is 12.4 Å². The Hall–Kier alpha value is -2.12. The third-order valence-corrected chi connectivity index (χ3v) is 3.90. The lowest BCUT2D eigenvalue weighted by molar-refractivity contribution is -0.136. The standard InChI is InChI=1S/C14H16F3N5/c15-14(16,17)10-7-19-12(18)9-6-20-13(22-11(9)10)21-8-4-2-1-3-5-8/h6-8H,1-5H2,(H2,18,19)(H,20,21,22). The maximum atomic E-state index is 13.1. The zero-order valence-electron chi connectivity index (χ0n) is 11.8. The van der Waals surface area contributed by atoms with Gasteiger partial charge in [-0.1, -0.05) is 19.3 Å². The third kappa shape index (κ3) is 2.90. The lowest BCUT2D eigenvalue weighted by Gasteiger charge is -2.22. The summed E-state index contributed by atoms with van der Waals surface area (Å²) >= 11 is 0. The smallest absolute Gasteiger partial charge is 0.383 e. The number of alkyl halides is 3. The van der Waals surface area contributed by atoms with E-state index in [0.717, 1.165) is 31.9 Å². The van der Waals surface area contributed by atoms with E-state index in [2.05, 4.69) is 20.3 Å². The van der Waals surface area contributed by atoms with E-state index in [1.165, 1.54) is 12.6 Å². The minimum atomic E-state index is -4.53. The fourth-order valence-electron chi connectivity index (χ4n) is 2.75. The van der Waals surface area contributed by atoms with Crippen molar-refractivity contribution in [2.45, 2.75) is 44.3 Å². The highest BCUT2D eigenvalue weighted by atomic mass is 19.4. The predicted octanol–water partition coefficient (Wildman–Crippen LogP) is 3.37. The highest BCUT2D eigenvalue weighted by Crippen LogP contribution is 2.35. The van der Waals surface area contributed by atoms with E-state index < -0.39 is 11.7 Å². The summed E-state index contributed by atoms with van der Waals surface area (Å²) in [7, 11) is 0. The number of nitrogens with zero attached hydrogens (tertiary/aromatic N) is 3. The van der Waals surface area contributed by atoms with Crippen LogP contribution >= 0.6 is 0 Å². The average molecular weight is 311 g/mol. The number of anilines is 2. The molecule has 0 aliphatic heterocycles. The summed E-state index contributed by atoms with van der Waals surface area (Å²) in [5.74, 6) is 0.197. The topological polar surface area (TPSA) is 76.7 Å². The lowest BCUT2D eigenvalue weighted by atomic mass is 9.96. The maximum absolute atomic E-state index is 13.1. The first kappa shape index (κ1) is 14.8. The summed E-state index contributed by atoms with van der Waals surface area (Å²) in [6.07, 6.45) is 2.84. The van der Waals surface area contributed by atoms with Crippen molar-refractivity contribution in [3.63, 3.8) is 0 Å². The fraction of sp³-hybridized carbons (Fsp3) is 0.500. The van der Waals surface area contributed by atoms with E-state index in [1.54, 1.807) is 0 Å². The highest BCUT2D eigenvalue weighted by molar-refractivity contribution is 5.90. The molecule has 2 aromatic rings. The van der Waals surface area contributed by atoms with Crippen LogP contribution in [0.25, 0.3) is 10.9 Å². The first-order valence-corrected chi connectivity index (χ1v) is 7.20. The zero-order valence-corrected chi connectivity index (χ0v) is 11.8. The Morgan fingerprint density at radius 1 is 1.09 bits per heavy atom. The van der Waals surface area contributed by atoms with Crippen LogP contribution in [-0.4, -0.2) is 21.0 Å². The quantitative estimate of drug-likeness (QED) is 0.889. The van der Waals surface area contributed by atoms with Crippen LogP contribution in [0.2, 0.25) is 0 Å². The van der Waals surface area contributed by atoms with Crippen molar-refractivity contribution >= 4 is 22.7 Å². The van der Waals surface area contributed by atoms with Crippen molar-refractivity contribution in [2.24, 2.45) is 0 Å². The summed E-state index contributed by atoms with van der Waals surface area (Å²) in [5.41, 5.74) is 4.51. The molecule has 1 fully saturated rings. The van der Waals surface area contributed by atoms with Gasteiger partial charge in [-0.15, -0.1) is 0 Å². The second-order valence-corrected chi connectivity index (χ2v) is 5.49. The van der Waals surface area contributed by atoms with E-state index in [0.29, 0.717) is 0 Å². The molecular weight excluding hydrogens is 295 g/mol. The SMILES string of the molecule is Nc1ncc(C(F)(F)F)c2nc(NC3CCCCC3)ncc12. The van der Waals surface area contributed by atoms with Crippen LogP contribution in [0.3, 0.4) is 0 Å². The molecule has 0 atom stereocenters. The average Bonchev–Trinajstić information content (AvgIpc) is 2.47. The number of nitrogen functional groups attached to an aromatic ring is 1. The fourth-order valence-corrected chi connectivity index (χ4v) is 2.75. The molecule has 0 spiro atoms. The Kier molecular flexibility index (Phi) is 3.76. The van der Waals surface area contributed by atoms with Crippen molar-refractivity contribution in [3.05, 3.63) is 18.0 Å².